The highest BCUT2D eigenvalue weighted by Gasteiger charge is 2.25. The van der Waals surface area contributed by atoms with E-state index in [0.717, 1.165) is 42.8 Å². The number of halogens is 1. The van der Waals surface area contributed by atoms with Gasteiger partial charge in [-0.25, -0.2) is 4.39 Å². The molecule has 3 aromatic rings. The Bertz CT molecular complexity index is 1040. The second-order valence-electron chi connectivity index (χ2n) is 8.13. The van der Waals surface area contributed by atoms with Gasteiger partial charge in [0.2, 0.25) is 0 Å². The summed E-state index contributed by atoms with van der Waals surface area (Å²) in [6.07, 6.45) is 4.84. The number of alkyl halides is 1. The molecule has 4 rings (SSSR count). The van der Waals surface area contributed by atoms with Gasteiger partial charge < -0.3 is 14.4 Å². The zero-order chi connectivity index (χ0) is 20.8. The topological polar surface area (TPSA) is 96.1 Å². The Balaban J connectivity index is 1.82. The summed E-state index contributed by atoms with van der Waals surface area (Å²) in [7, 11) is 2.09. The first-order chi connectivity index (χ1) is 13.7. The molecular weight excluding hydrogens is 377 g/mol. The second-order valence-corrected chi connectivity index (χ2v) is 8.13. The van der Waals surface area contributed by atoms with Crippen molar-refractivity contribution in [3.05, 3.63) is 34.8 Å². The highest BCUT2D eigenvalue weighted by atomic mass is 19.1. The van der Waals surface area contributed by atoms with Crippen molar-refractivity contribution in [1.29, 1.82) is 0 Å². The molecule has 29 heavy (non-hydrogen) atoms. The van der Waals surface area contributed by atoms with Crippen LogP contribution in [0.15, 0.2) is 24.7 Å². The first-order valence-corrected chi connectivity index (χ1v) is 9.52. The van der Waals surface area contributed by atoms with Crippen LogP contribution in [0.25, 0.3) is 22.3 Å². The molecule has 154 valence electrons. The van der Waals surface area contributed by atoms with E-state index in [-0.39, 0.29) is 17.9 Å². The van der Waals surface area contributed by atoms with E-state index >= 15 is 0 Å². The van der Waals surface area contributed by atoms with Crippen LogP contribution in [0.2, 0.25) is 0 Å². The molecule has 3 aromatic heterocycles. The smallest absolute Gasteiger partial charge is 0.316 e. The van der Waals surface area contributed by atoms with Gasteiger partial charge in [0, 0.05) is 44.0 Å². The maximum Gasteiger partial charge on any atom is 0.316 e. The van der Waals surface area contributed by atoms with Gasteiger partial charge in [-0.2, -0.15) is 5.10 Å². The van der Waals surface area contributed by atoms with Gasteiger partial charge in [-0.05, 0) is 27.0 Å². The largest absolute Gasteiger partial charge is 0.367 e. The third-order valence-corrected chi connectivity index (χ3v) is 5.21. The summed E-state index contributed by atoms with van der Waals surface area (Å²) < 4.78 is 16.4. The van der Waals surface area contributed by atoms with Crippen LogP contribution < -0.4 is 4.90 Å². The number of anilines is 1. The van der Waals surface area contributed by atoms with Crippen molar-refractivity contribution < 1.29 is 9.31 Å². The first-order valence-electron chi connectivity index (χ1n) is 9.52. The van der Waals surface area contributed by atoms with Crippen molar-refractivity contribution in [2.45, 2.75) is 26.1 Å². The molecule has 0 spiro atoms. The standard InChI is InChI=1S/C19H24FN7O2/c1-19(2,20)12-26-11-17(25-6-4-24(3)5-7-25)13-9-21-14(8-15(13)26)18-16(27(28)29)10-22-23-18/h8-11H,4-7,12H2,1-3H3,(H,22,23). The Kier molecular flexibility index (Phi) is 4.73. The number of H-pyrrole nitrogens is 1. The highest BCUT2D eigenvalue weighted by molar-refractivity contribution is 5.95. The predicted octanol–water partition coefficient (Wildman–Crippen LogP) is 2.83. The third kappa shape index (κ3) is 3.80. The maximum atomic E-state index is 14.5. The van der Waals surface area contributed by atoms with Crippen molar-refractivity contribution in [3.63, 3.8) is 0 Å². The summed E-state index contributed by atoms with van der Waals surface area (Å²) >= 11 is 0. The van der Waals surface area contributed by atoms with Crippen LogP contribution >= 0.6 is 0 Å². The molecule has 0 unspecified atom stereocenters. The van der Waals surface area contributed by atoms with Gasteiger partial charge in [-0.3, -0.25) is 20.2 Å². The molecule has 1 saturated heterocycles. The lowest BCUT2D eigenvalue weighted by molar-refractivity contribution is -0.384. The number of aromatic amines is 1. The number of piperazine rings is 1. The van der Waals surface area contributed by atoms with Gasteiger partial charge in [0.05, 0.1) is 28.4 Å². The van der Waals surface area contributed by atoms with E-state index in [2.05, 4.69) is 32.0 Å². The van der Waals surface area contributed by atoms with Crippen molar-refractivity contribution in [3.8, 4) is 11.4 Å². The number of nitrogens with one attached hydrogen (secondary N) is 1. The van der Waals surface area contributed by atoms with E-state index in [0.29, 0.717) is 5.69 Å². The van der Waals surface area contributed by atoms with E-state index in [4.69, 9.17) is 0 Å². The minimum absolute atomic E-state index is 0.139. The van der Waals surface area contributed by atoms with E-state index in [1.807, 2.05) is 10.8 Å². The van der Waals surface area contributed by atoms with E-state index < -0.39 is 10.6 Å². The first kappa shape index (κ1) is 19.3. The number of pyridine rings is 1. The molecule has 4 heterocycles. The second kappa shape index (κ2) is 7.11. The Labute approximate surface area is 167 Å². The van der Waals surface area contributed by atoms with Crippen LogP contribution in [0.3, 0.4) is 0 Å². The molecule has 0 aromatic carbocycles. The number of fused-ring (bicyclic) bond motifs is 1. The summed E-state index contributed by atoms with van der Waals surface area (Å²) in [5.74, 6) is 0. The Hall–Kier alpha value is -3.01. The number of likely N-dealkylation sites (N-methyl/N-ethyl adjacent to an activating group) is 1. The van der Waals surface area contributed by atoms with Crippen LogP contribution in [0.4, 0.5) is 15.8 Å². The fourth-order valence-electron chi connectivity index (χ4n) is 3.75. The lowest BCUT2D eigenvalue weighted by Gasteiger charge is -2.33. The lowest BCUT2D eigenvalue weighted by Crippen LogP contribution is -2.44. The van der Waals surface area contributed by atoms with Crippen molar-refractivity contribution in [2.24, 2.45) is 0 Å². The molecule has 0 amide bonds. The summed E-state index contributed by atoms with van der Waals surface area (Å²) in [5, 5.41) is 18.6. The molecule has 1 N–H and O–H groups in total. The van der Waals surface area contributed by atoms with Gasteiger partial charge in [-0.1, -0.05) is 0 Å². The van der Waals surface area contributed by atoms with Gasteiger partial charge in [0.1, 0.15) is 11.9 Å². The molecule has 1 fully saturated rings. The number of hydrogen-bond donors (Lipinski definition) is 1. The Morgan fingerprint density at radius 2 is 2.00 bits per heavy atom. The monoisotopic (exact) mass is 401 g/mol. The number of nitrogens with zero attached hydrogens (tertiary/aromatic N) is 6. The van der Waals surface area contributed by atoms with Crippen LogP contribution in [-0.2, 0) is 6.54 Å². The van der Waals surface area contributed by atoms with E-state index in [1.54, 1.807) is 12.3 Å². The zero-order valence-corrected chi connectivity index (χ0v) is 16.7. The number of rotatable bonds is 5. The molecule has 0 atom stereocenters. The Morgan fingerprint density at radius 1 is 1.28 bits per heavy atom. The van der Waals surface area contributed by atoms with Crippen LogP contribution in [0, 0.1) is 10.1 Å². The maximum absolute atomic E-state index is 14.5. The van der Waals surface area contributed by atoms with Gasteiger partial charge in [-0.15, -0.1) is 0 Å². The van der Waals surface area contributed by atoms with E-state index in [9.17, 15) is 14.5 Å². The fourth-order valence-corrected chi connectivity index (χ4v) is 3.75. The summed E-state index contributed by atoms with van der Waals surface area (Å²) in [4.78, 5) is 19.8. The lowest BCUT2D eigenvalue weighted by atomic mass is 10.1. The molecule has 0 bridgehead atoms. The van der Waals surface area contributed by atoms with Gasteiger partial charge in [0.25, 0.3) is 0 Å². The number of hydrogen-bond acceptors (Lipinski definition) is 6. The molecule has 0 radical (unpaired) electrons. The molecule has 0 saturated carbocycles. The summed E-state index contributed by atoms with van der Waals surface area (Å²) in [6.45, 7) is 6.91. The minimum atomic E-state index is -1.41. The zero-order valence-electron chi connectivity index (χ0n) is 16.7. The summed E-state index contributed by atoms with van der Waals surface area (Å²) in [6, 6.07) is 1.77. The average Bonchev–Trinajstić information content (AvgIpc) is 3.26. The van der Waals surface area contributed by atoms with Gasteiger partial charge in [0.15, 0.2) is 5.69 Å². The molecule has 9 nitrogen and oxygen atoms in total. The van der Waals surface area contributed by atoms with Crippen molar-refractivity contribution in [1.82, 2.24) is 24.6 Å². The van der Waals surface area contributed by atoms with Crippen LogP contribution in [0.5, 0.6) is 0 Å². The van der Waals surface area contributed by atoms with Gasteiger partial charge >= 0.3 is 5.69 Å². The highest BCUT2D eigenvalue weighted by Crippen LogP contribution is 2.34. The quantitative estimate of drug-likeness (QED) is 0.522. The molecular formula is C19H24FN7O2. The van der Waals surface area contributed by atoms with Crippen molar-refractivity contribution in [2.75, 3.05) is 38.1 Å². The van der Waals surface area contributed by atoms with Crippen LogP contribution in [0.1, 0.15) is 13.8 Å². The van der Waals surface area contributed by atoms with Crippen LogP contribution in [-0.4, -0.2) is 68.5 Å². The normalized spacial score (nSPS) is 15.9. The molecule has 0 aliphatic carbocycles. The van der Waals surface area contributed by atoms with E-state index in [1.165, 1.54) is 20.0 Å². The fraction of sp³-hybridized carbons (Fsp3) is 0.474. The van der Waals surface area contributed by atoms with Crippen molar-refractivity contribution >= 4 is 22.3 Å². The molecule has 10 heteroatoms. The molecule has 1 aliphatic heterocycles. The minimum Gasteiger partial charge on any atom is -0.367 e. The predicted molar refractivity (Wildman–Crippen MR) is 109 cm³/mol. The number of aromatic nitrogens is 4. The Morgan fingerprint density at radius 3 is 2.66 bits per heavy atom. The molecule has 1 aliphatic rings. The average molecular weight is 401 g/mol. The SMILES string of the molecule is CN1CCN(c2cn(CC(C)(C)F)c3cc(-c4[nH]ncc4[N+](=O)[O-])ncc23)CC1. The summed E-state index contributed by atoms with van der Waals surface area (Å²) in [5.41, 5.74) is 0.899. The number of nitro groups is 1. The third-order valence-electron chi connectivity index (χ3n) is 5.21.